The molecular weight excluding hydrogens is 727 g/mol. The van der Waals surface area contributed by atoms with Crippen molar-refractivity contribution in [2.75, 3.05) is 26.3 Å². The summed E-state index contributed by atoms with van der Waals surface area (Å²) in [5, 5.41) is 13.5. The van der Waals surface area contributed by atoms with Crippen molar-refractivity contribution in [2.24, 2.45) is 5.41 Å². The summed E-state index contributed by atoms with van der Waals surface area (Å²) in [6.45, 7) is 2.70. The highest BCUT2D eigenvalue weighted by Gasteiger charge is 2.77. The van der Waals surface area contributed by atoms with Crippen LogP contribution >= 0.6 is 0 Å². The lowest BCUT2D eigenvalue weighted by Crippen LogP contribution is -2.70. The monoisotopic (exact) mass is 779 g/mol. The zero-order valence-electron chi connectivity index (χ0n) is 31.4. The molecule has 1 aromatic carbocycles. The lowest BCUT2D eigenvalue weighted by Gasteiger charge is -2.50. The first-order chi connectivity index (χ1) is 26.3. The number of fused-ring (bicyclic) bond motifs is 4. The number of ether oxygens (including phenoxy) is 4. The van der Waals surface area contributed by atoms with Gasteiger partial charge in [-0.05, 0) is 42.9 Å². The van der Waals surface area contributed by atoms with Crippen LogP contribution in [0, 0.1) is 5.41 Å². The van der Waals surface area contributed by atoms with Crippen molar-refractivity contribution in [3.8, 4) is 0 Å². The molecule has 2 amide bonds. The number of hydrogen-bond acceptors (Lipinski definition) is 11. The second-order valence-electron chi connectivity index (χ2n) is 15.2. The fraction of sp³-hybridized carbons (Fsp3) is 0.692. The van der Waals surface area contributed by atoms with E-state index in [1.807, 2.05) is 0 Å². The molecule has 55 heavy (non-hydrogen) atoms. The summed E-state index contributed by atoms with van der Waals surface area (Å²) in [5.41, 5.74) is -0.284. The van der Waals surface area contributed by atoms with Gasteiger partial charge in [-0.15, -0.1) is 0 Å². The normalized spacial score (nSPS) is 29.7. The highest BCUT2D eigenvalue weighted by atomic mass is 19.4. The van der Waals surface area contributed by atoms with E-state index in [4.69, 9.17) is 19.0 Å². The highest BCUT2D eigenvalue weighted by molar-refractivity contribution is 5.96. The summed E-state index contributed by atoms with van der Waals surface area (Å²) in [4.78, 5) is 62.6. The topological polar surface area (TPSA) is 153 Å². The molecule has 5 fully saturated rings. The number of halogens is 3. The van der Waals surface area contributed by atoms with Gasteiger partial charge < -0.3 is 34.3 Å². The SMILES string of the molecule is CCCCCC1(CCCCC)O[C@@H]2[C@H](O1)[C@H]1ON(Cc3ccc(C=CC(=O)OCC(F)(F)F)cc3)[C@H]3C(=O)O[C@@H]2C[C@@]13C(=O)N1CCC[C@@H]1C(=O)NCCO. The molecule has 0 unspecified atom stereocenters. The molecule has 0 aromatic heterocycles. The van der Waals surface area contributed by atoms with Crippen LogP contribution in [-0.4, -0.2) is 114 Å². The second kappa shape index (κ2) is 17.3. The number of aliphatic hydroxyl groups excluding tert-OH is 1. The third-order valence-electron chi connectivity index (χ3n) is 11.3. The van der Waals surface area contributed by atoms with E-state index < -0.39 is 72.4 Å². The zero-order valence-corrected chi connectivity index (χ0v) is 31.4. The van der Waals surface area contributed by atoms with Crippen LogP contribution in [0.5, 0.6) is 0 Å². The van der Waals surface area contributed by atoms with Crippen molar-refractivity contribution in [3.63, 3.8) is 0 Å². The zero-order chi connectivity index (χ0) is 39.4. The molecule has 2 bridgehead atoms. The van der Waals surface area contributed by atoms with E-state index in [0.717, 1.165) is 44.6 Å². The van der Waals surface area contributed by atoms with Crippen molar-refractivity contribution in [1.82, 2.24) is 15.3 Å². The predicted octanol–water partition coefficient (Wildman–Crippen LogP) is 4.35. The molecule has 304 valence electrons. The highest BCUT2D eigenvalue weighted by Crippen LogP contribution is 2.59. The third kappa shape index (κ3) is 8.73. The van der Waals surface area contributed by atoms with Crippen LogP contribution < -0.4 is 5.32 Å². The van der Waals surface area contributed by atoms with Crippen LogP contribution in [0.4, 0.5) is 13.2 Å². The molecule has 1 saturated carbocycles. The van der Waals surface area contributed by atoms with Crippen LogP contribution in [0.25, 0.3) is 6.08 Å². The van der Waals surface area contributed by atoms with Crippen molar-refractivity contribution >= 4 is 29.8 Å². The van der Waals surface area contributed by atoms with Crippen LogP contribution in [0.2, 0.25) is 0 Å². The number of amides is 2. The predicted molar refractivity (Wildman–Crippen MR) is 189 cm³/mol. The van der Waals surface area contributed by atoms with Crippen LogP contribution in [-0.2, 0) is 49.5 Å². The number of carbonyl (C=O) groups excluding carboxylic acids is 4. The molecule has 4 aliphatic heterocycles. The Morgan fingerprint density at radius 2 is 1.73 bits per heavy atom. The minimum atomic E-state index is -4.63. The second-order valence-corrected chi connectivity index (χ2v) is 15.2. The first-order valence-electron chi connectivity index (χ1n) is 19.5. The molecular formula is C39H52F3N3O10. The van der Waals surface area contributed by atoms with Gasteiger partial charge in [0.2, 0.25) is 11.8 Å². The number of hydroxylamine groups is 2. The lowest BCUT2D eigenvalue weighted by atomic mass is 9.62. The number of alkyl halides is 3. The number of hydrogen-bond donors (Lipinski definition) is 2. The first-order valence-corrected chi connectivity index (χ1v) is 19.5. The summed E-state index contributed by atoms with van der Waals surface area (Å²) >= 11 is 0. The van der Waals surface area contributed by atoms with Crippen LogP contribution in [0.1, 0.15) is 95.6 Å². The van der Waals surface area contributed by atoms with Gasteiger partial charge in [-0.3, -0.25) is 19.2 Å². The molecule has 16 heteroatoms. The van der Waals surface area contributed by atoms with Gasteiger partial charge in [-0.25, -0.2) is 4.79 Å². The molecule has 0 radical (unpaired) electrons. The third-order valence-corrected chi connectivity index (χ3v) is 11.3. The Labute approximate surface area is 318 Å². The number of likely N-dealkylation sites (tertiary alicyclic amines) is 1. The van der Waals surface area contributed by atoms with E-state index in [1.54, 1.807) is 29.2 Å². The van der Waals surface area contributed by atoms with Crippen molar-refractivity contribution in [1.29, 1.82) is 0 Å². The molecule has 7 atom stereocenters. The minimum Gasteiger partial charge on any atom is -0.458 e. The summed E-state index contributed by atoms with van der Waals surface area (Å²) in [5.74, 6) is -3.48. The van der Waals surface area contributed by atoms with E-state index in [0.29, 0.717) is 43.4 Å². The number of aliphatic hydroxyl groups is 1. The Morgan fingerprint density at radius 3 is 2.38 bits per heavy atom. The maximum atomic E-state index is 15.1. The maximum Gasteiger partial charge on any atom is 0.422 e. The Bertz CT molecular complexity index is 1560. The Hall–Kier alpha value is -3.57. The van der Waals surface area contributed by atoms with E-state index >= 15 is 4.79 Å². The number of esters is 2. The molecule has 2 N–H and O–H groups in total. The molecule has 13 nitrogen and oxygen atoms in total. The van der Waals surface area contributed by atoms with Gasteiger partial charge in [0.05, 0.1) is 13.2 Å². The summed E-state index contributed by atoms with van der Waals surface area (Å²) in [7, 11) is 0. The number of nitrogens with one attached hydrogen (secondary N) is 1. The van der Waals surface area contributed by atoms with Crippen LogP contribution in [0.15, 0.2) is 30.3 Å². The number of carbonyl (C=O) groups is 4. The number of nitrogens with zero attached hydrogens (tertiary/aromatic N) is 2. The lowest BCUT2D eigenvalue weighted by molar-refractivity contribution is -0.225. The van der Waals surface area contributed by atoms with Crippen molar-refractivity contribution < 1.29 is 61.2 Å². The fourth-order valence-corrected chi connectivity index (χ4v) is 8.80. The van der Waals surface area contributed by atoms with E-state index in [9.17, 15) is 32.7 Å². The molecule has 4 saturated heterocycles. The molecule has 1 aliphatic carbocycles. The molecule has 1 aromatic rings. The average molecular weight is 780 g/mol. The standard InChI is InChI=1S/C39H52F3N3O10/c1-3-5-7-17-37(18-8-6-4-2)53-30-28-22-38(36(50)44-20-9-10-27(44)34(48)43-19-21-46)32(35(49)52-28)45(55-33(38)31(30)54-37)23-26-13-11-25(12-14-26)15-16-29(47)51-24-39(40,41)42/h11-16,27-28,30-33,46H,3-10,17-24H2,1-2H3,(H,43,48)/t27-,28-,30+,31+,32+,33-,38+/m1/s1. The van der Waals surface area contributed by atoms with Crippen molar-refractivity contribution in [3.05, 3.63) is 41.5 Å². The summed E-state index contributed by atoms with van der Waals surface area (Å²) in [6.07, 6.45) is 2.57. The fourth-order valence-electron chi connectivity index (χ4n) is 8.80. The van der Waals surface area contributed by atoms with E-state index in [2.05, 4.69) is 23.9 Å². The van der Waals surface area contributed by atoms with Gasteiger partial charge in [0.1, 0.15) is 35.9 Å². The average Bonchev–Trinajstić information content (AvgIpc) is 3.88. The molecule has 4 heterocycles. The number of benzene rings is 1. The molecule has 5 aliphatic rings. The van der Waals surface area contributed by atoms with Gasteiger partial charge in [0.25, 0.3) is 0 Å². The Balaban J connectivity index is 1.30. The number of rotatable bonds is 17. The minimum absolute atomic E-state index is 0.0445. The van der Waals surface area contributed by atoms with Crippen LogP contribution in [0.3, 0.4) is 0 Å². The van der Waals surface area contributed by atoms with Gasteiger partial charge >= 0.3 is 18.1 Å². The van der Waals surface area contributed by atoms with Gasteiger partial charge in [0.15, 0.2) is 18.4 Å². The summed E-state index contributed by atoms with van der Waals surface area (Å²) in [6, 6.07) is 4.75. The molecule has 0 spiro atoms. The number of unbranched alkanes of at least 4 members (excludes halogenated alkanes) is 4. The summed E-state index contributed by atoms with van der Waals surface area (Å²) < 4.78 is 61.4. The smallest absolute Gasteiger partial charge is 0.422 e. The maximum absolute atomic E-state index is 15.1. The Morgan fingerprint density at radius 1 is 1.04 bits per heavy atom. The first kappa shape index (κ1) is 41.1. The Kier molecular flexibility index (Phi) is 12.9. The quantitative estimate of drug-likeness (QED) is 0.132. The van der Waals surface area contributed by atoms with E-state index in [1.165, 1.54) is 11.1 Å². The molecule has 6 rings (SSSR count). The van der Waals surface area contributed by atoms with Crippen molar-refractivity contribution in [2.45, 2.75) is 139 Å². The van der Waals surface area contributed by atoms with E-state index in [-0.39, 0.29) is 37.9 Å². The largest absolute Gasteiger partial charge is 0.458 e. The van der Waals surface area contributed by atoms with Gasteiger partial charge in [-0.2, -0.15) is 18.2 Å². The van der Waals surface area contributed by atoms with Gasteiger partial charge in [-0.1, -0.05) is 63.8 Å². The van der Waals surface area contributed by atoms with Gasteiger partial charge in [0, 0.05) is 38.4 Å².